The van der Waals surface area contributed by atoms with Gasteiger partial charge in [-0.1, -0.05) is 63.1 Å². The molecular formula is C12H8F10S2. The van der Waals surface area contributed by atoms with Crippen LogP contribution in [0, 0.1) is 0 Å². The summed E-state index contributed by atoms with van der Waals surface area (Å²) >= 11 is 0. The topological polar surface area (TPSA) is 0 Å². The summed E-state index contributed by atoms with van der Waals surface area (Å²) in [6.45, 7) is 0. The lowest BCUT2D eigenvalue weighted by molar-refractivity contribution is 0.360. The second-order valence-corrected chi connectivity index (χ2v) is 9.81. The van der Waals surface area contributed by atoms with Crippen molar-refractivity contribution in [3.63, 3.8) is 0 Å². The zero-order valence-electron chi connectivity index (χ0n) is 11.2. The van der Waals surface area contributed by atoms with Crippen molar-refractivity contribution in [2.45, 2.75) is 9.79 Å². The molecular weight excluding hydrogens is 398 g/mol. The van der Waals surface area contributed by atoms with Crippen LogP contribution in [0.4, 0.5) is 38.9 Å². The zero-order valence-corrected chi connectivity index (χ0v) is 12.8. The van der Waals surface area contributed by atoms with Crippen molar-refractivity contribution < 1.29 is 38.9 Å². The Morgan fingerprint density at radius 2 is 0.750 bits per heavy atom. The maximum atomic E-state index is 12.7. The normalized spacial score (nSPS) is 18.9. The van der Waals surface area contributed by atoms with E-state index in [9.17, 15) is 38.9 Å². The highest BCUT2D eigenvalue weighted by Gasteiger charge is 2.66. The predicted molar refractivity (Wildman–Crippen MR) is 74.7 cm³/mol. The number of hydrogen-bond donors (Lipinski definition) is 0. The Morgan fingerprint density at radius 3 is 1.00 bits per heavy atom. The van der Waals surface area contributed by atoms with E-state index in [1.807, 2.05) is 0 Å². The highest BCUT2D eigenvalue weighted by atomic mass is 32.5. The molecule has 0 unspecified atom stereocenters. The minimum Gasteiger partial charge on any atom is -0.0936 e. The fraction of sp³-hybridized carbons (Fsp3) is 0. The molecule has 138 valence electrons. The van der Waals surface area contributed by atoms with Crippen molar-refractivity contribution in [2.75, 3.05) is 0 Å². The van der Waals surface area contributed by atoms with Crippen LogP contribution in [0.15, 0.2) is 58.3 Å². The molecule has 0 amide bonds. The Kier molecular flexibility index (Phi) is 2.99. The first-order chi connectivity index (χ1) is 10.2. The highest BCUT2D eigenvalue weighted by molar-refractivity contribution is 8.46. The molecule has 0 aliphatic carbocycles. The summed E-state index contributed by atoms with van der Waals surface area (Å²) < 4.78 is 127. The average Bonchev–Trinajstić information content (AvgIpc) is 2.34. The van der Waals surface area contributed by atoms with Crippen molar-refractivity contribution in [3.05, 3.63) is 48.5 Å². The molecule has 2 aromatic rings. The van der Waals surface area contributed by atoms with E-state index in [4.69, 9.17) is 0 Å². The van der Waals surface area contributed by atoms with Gasteiger partial charge in [-0.2, -0.15) is 0 Å². The lowest BCUT2D eigenvalue weighted by atomic mass is 10.1. The Balaban J connectivity index is 2.66. The molecule has 0 radical (unpaired) electrons. The van der Waals surface area contributed by atoms with E-state index in [1.165, 1.54) is 0 Å². The maximum Gasteiger partial charge on any atom is 0.310 e. The van der Waals surface area contributed by atoms with Gasteiger partial charge < -0.3 is 0 Å². The molecule has 0 spiro atoms. The third-order valence-electron chi connectivity index (χ3n) is 2.89. The molecule has 0 aliphatic heterocycles. The van der Waals surface area contributed by atoms with Gasteiger partial charge in [0.1, 0.15) is 9.79 Å². The van der Waals surface area contributed by atoms with Gasteiger partial charge >= 0.3 is 20.4 Å². The van der Waals surface area contributed by atoms with Crippen LogP contribution in [0.1, 0.15) is 0 Å². The second kappa shape index (κ2) is 3.82. The van der Waals surface area contributed by atoms with Gasteiger partial charge in [-0.3, -0.25) is 0 Å². The first-order valence-electron chi connectivity index (χ1n) is 5.84. The van der Waals surface area contributed by atoms with E-state index in [0.29, 0.717) is 12.1 Å². The molecule has 0 saturated carbocycles. The summed E-state index contributed by atoms with van der Waals surface area (Å²) in [5.41, 5.74) is -1.41. The summed E-state index contributed by atoms with van der Waals surface area (Å²) in [6, 6.07) is 2.66. The molecule has 0 fully saturated rings. The molecule has 0 aliphatic rings. The van der Waals surface area contributed by atoms with Gasteiger partial charge in [0.2, 0.25) is 0 Å². The van der Waals surface area contributed by atoms with Crippen molar-refractivity contribution >= 4 is 20.4 Å². The summed E-state index contributed by atoms with van der Waals surface area (Å²) in [5, 5.41) is 0. The fourth-order valence-electron chi connectivity index (χ4n) is 1.83. The Bertz CT molecular complexity index is 748. The van der Waals surface area contributed by atoms with Gasteiger partial charge in [-0.25, -0.2) is 0 Å². The number of hydrogen-bond acceptors (Lipinski definition) is 0. The molecule has 0 bridgehead atoms. The number of rotatable bonds is 3. The molecule has 0 N–H and O–H groups in total. The third kappa shape index (κ3) is 4.29. The molecule has 0 atom stereocenters. The molecule has 12 heteroatoms. The van der Waals surface area contributed by atoms with Crippen molar-refractivity contribution in [1.29, 1.82) is 0 Å². The van der Waals surface area contributed by atoms with E-state index in [1.54, 1.807) is 0 Å². The lowest BCUT2D eigenvalue weighted by Gasteiger charge is -2.41. The van der Waals surface area contributed by atoms with Gasteiger partial charge in [0, 0.05) is 0 Å². The van der Waals surface area contributed by atoms with Crippen LogP contribution < -0.4 is 0 Å². The van der Waals surface area contributed by atoms with Gasteiger partial charge in [-0.05, 0) is 35.4 Å². The van der Waals surface area contributed by atoms with Crippen LogP contribution in [-0.2, 0) is 0 Å². The van der Waals surface area contributed by atoms with E-state index >= 15 is 0 Å². The zero-order chi connectivity index (χ0) is 18.8. The highest BCUT2D eigenvalue weighted by Crippen LogP contribution is 3.03. The molecule has 2 aromatic carbocycles. The second-order valence-electron chi connectivity index (χ2n) is 4.99. The fourth-order valence-corrected chi connectivity index (χ4v) is 3.20. The lowest BCUT2D eigenvalue weighted by Crippen LogP contribution is -2.07. The summed E-state index contributed by atoms with van der Waals surface area (Å²) in [5.74, 6) is 0. The summed E-state index contributed by atoms with van der Waals surface area (Å²) in [6.07, 6.45) is 0. The molecule has 2 rings (SSSR count). The Labute approximate surface area is 129 Å². The van der Waals surface area contributed by atoms with Gasteiger partial charge in [-0.15, -0.1) is 0 Å². The molecule has 0 heterocycles. The molecule has 24 heavy (non-hydrogen) atoms. The maximum absolute atomic E-state index is 12.7. The van der Waals surface area contributed by atoms with Crippen LogP contribution in [-0.4, -0.2) is 0 Å². The minimum absolute atomic E-state index is 0.0550. The van der Waals surface area contributed by atoms with Crippen molar-refractivity contribution in [2.24, 2.45) is 0 Å². The minimum atomic E-state index is -10.1. The van der Waals surface area contributed by atoms with Crippen molar-refractivity contribution in [3.8, 4) is 11.1 Å². The quantitative estimate of drug-likeness (QED) is 0.447. The summed E-state index contributed by atoms with van der Waals surface area (Å²) in [4.78, 5) is -4.66. The van der Waals surface area contributed by atoms with E-state index in [0.717, 1.165) is 12.1 Å². The first kappa shape index (κ1) is 18.8. The smallest absolute Gasteiger partial charge is 0.0936 e. The Hall–Kier alpha value is -1.56. The first-order valence-corrected chi connectivity index (χ1v) is 9.75. The van der Waals surface area contributed by atoms with Crippen LogP contribution in [0.5, 0.6) is 0 Å². The SMILES string of the molecule is FS(F)(F)(F)(F)c1cccc(-c2cccc(S(F)(F)(F)(F)F)c2)c1. The third-order valence-corrected chi connectivity index (χ3v) is 5.18. The molecule has 0 nitrogen and oxygen atoms in total. The monoisotopic (exact) mass is 406 g/mol. The predicted octanol–water partition coefficient (Wildman–Crippen LogP) is 8.67. The summed E-state index contributed by atoms with van der Waals surface area (Å²) in [7, 11) is -20.1. The van der Waals surface area contributed by atoms with Crippen LogP contribution in [0.3, 0.4) is 0 Å². The van der Waals surface area contributed by atoms with E-state index < -0.39 is 41.4 Å². The average molecular weight is 406 g/mol. The van der Waals surface area contributed by atoms with Gasteiger partial charge in [0.15, 0.2) is 0 Å². The van der Waals surface area contributed by atoms with Gasteiger partial charge in [0.25, 0.3) is 0 Å². The van der Waals surface area contributed by atoms with Crippen molar-refractivity contribution in [1.82, 2.24) is 0 Å². The van der Waals surface area contributed by atoms with Gasteiger partial charge in [0.05, 0.1) is 0 Å². The number of benzene rings is 2. The van der Waals surface area contributed by atoms with Crippen LogP contribution in [0.2, 0.25) is 0 Å². The van der Waals surface area contributed by atoms with Crippen LogP contribution in [0.25, 0.3) is 11.1 Å². The molecule has 0 saturated heterocycles. The number of halogens is 10. The van der Waals surface area contributed by atoms with Crippen LogP contribution >= 0.6 is 20.4 Å². The van der Waals surface area contributed by atoms with E-state index in [2.05, 4.69) is 0 Å². The molecule has 0 aromatic heterocycles. The largest absolute Gasteiger partial charge is 0.310 e. The van der Waals surface area contributed by atoms with E-state index in [-0.39, 0.29) is 24.3 Å². The Morgan fingerprint density at radius 1 is 0.458 bits per heavy atom. The standard InChI is InChI=1S/C12H8F10S2/c13-23(14,15,16,17)11-5-1-3-9(7-11)10-4-2-6-12(8-10)24(18,19,20,21)22/h1-8H.